The number of nitrogens with one attached hydrogen (secondary N) is 1. The Hall–Kier alpha value is -2.38. The summed E-state index contributed by atoms with van der Waals surface area (Å²) in [5.41, 5.74) is 2.47. The summed E-state index contributed by atoms with van der Waals surface area (Å²) in [6.07, 6.45) is 5.93. The van der Waals surface area contributed by atoms with Gasteiger partial charge in [-0.3, -0.25) is 0 Å². The highest BCUT2D eigenvalue weighted by Crippen LogP contribution is 2.35. The van der Waals surface area contributed by atoms with Crippen molar-refractivity contribution in [2.45, 2.75) is 44.6 Å². The minimum absolute atomic E-state index is 0.355. The minimum atomic E-state index is 0.355. The summed E-state index contributed by atoms with van der Waals surface area (Å²) in [4.78, 5) is 2.21. The number of nitrogens with zero attached hydrogens (tertiary/aromatic N) is 5. The molecule has 9 heteroatoms. The van der Waals surface area contributed by atoms with Crippen molar-refractivity contribution >= 4 is 34.7 Å². The van der Waals surface area contributed by atoms with Crippen molar-refractivity contribution in [3.05, 3.63) is 45.8 Å². The van der Waals surface area contributed by atoms with Crippen LogP contribution in [0.15, 0.2) is 28.7 Å². The van der Waals surface area contributed by atoms with E-state index < -0.39 is 0 Å². The summed E-state index contributed by atoms with van der Waals surface area (Å²) in [6.45, 7) is 2.19. The first-order valence-electron chi connectivity index (χ1n) is 10.3. The Morgan fingerprint density at radius 2 is 1.90 bits per heavy atom. The average Bonchev–Trinajstić information content (AvgIpc) is 3.27. The number of hydrogen-bond donors (Lipinski definition) is 1. The maximum atomic E-state index is 6.38. The number of fused-ring (bicyclic) bond motifs is 1. The molecule has 1 aromatic carbocycles. The van der Waals surface area contributed by atoms with Gasteiger partial charge in [-0.15, -0.1) is 20.4 Å². The Bertz CT molecular complexity index is 1050. The molecule has 0 unspecified atom stereocenters. The SMILES string of the molecule is Clc1ccc(Cl)c(CN2CCNc3nnc(-c4nnc(C5CCCCC5)o4)cc32)c1. The van der Waals surface area contributed by atoms with E-state index in [2.05, 4.69) is 30.6 Å². The van der Waals surface area contributed by atoms with Crippen LogP contribution >= 0.6 is 23.2 Å². The third-order valence-corrected chi connectivity index (χ3v) is 6.38. The van der Waals surface area contributed by atoms with Crippen molar-refractivity contribution in [3.8, 4) is 11.6 Å². The smallest absolute Gasteiger partial charge is 0.268 e. The third kappa shape index (κ3) is 3.96. The van der Waals surface area contributed by atoms with E-state index in [9.17, 15) is 0 Å². The molecule has 0 saturated heterocycles. The molecule has 0 spiro atoms. The average molecular weight is 445 g/mol. The van der Waals surface area contributed by atoms with Crippen LogP contribution in [-0.4, -0.2) is 33.5 Å². The number of aromatic nitrogens is 4. The molecule has 5 rings (SSSR count). The highest BCUT2D eigenvalue weighted by atomic mass is 35.5. The standard InChI is InChI=1S/C21H22Cl2N6O/c22-15-6-7-16(23)14(10-15)12-29-9-8-24-19-18(29)11-17(25-26-19)21-28-27-20(30-21)13-4-2-1-3-5-13/h6-7,10-11,13H,1-5,8-9,12H2,(H,24,26). The Kier molecular flexibility index (Phi) is 5.48. The molecule has 0 amide bonds. The maximum Gasteiger partial charge on any atom is 0.268 e. The van der Waals surface area contributed by atoms with Gasteiger partial charge in [0.1, 0.15) is 0 Å². The Morgan fingerprint density at radius 3 is 2.77 bits per heavy atom. The Balaban J connectivity index is 1.42. The maximum absolute atomic E-state index is 6.38. The van der Waals surface area contributed by atoms with Gasteiger partial charge in [-0.1, -0.05) is 42.5 Å². The second kappa shape index (κ2) is 8.40. The van der Waals surface area contributed by atoms with Crippen molar-refractivity contribution < 1.29 is 4.42 Å². The van der Waals surface area contributed by atoms with Gasteiger partial charge in [-0.05, 0) is 42.7 Å². The molecule has 1 saturated carbocycles. The van der Waals surface area contributed by atoms with Crippen molar-refractivity contribution in [2.24, 2.45) is 0 Å². The van der Waals surface area contributed by atoms with E-state index in [0.29, 0.717) is 40.0 Å². The zero-order valence-electron chi connectivity index (χ0n) is 16.4. The molecule has 30 heavy (non-hydrogen) atoms. The number of benzene rings is 1. The minimum Gasteiger partial charge on any atom is -0.419 e. The molecule has 0 atom stereocenters. The molecule has 1 N–H and O–H groups in total. The molecule has 0 radical (unpaired) electrons. The molecule has 156 valence electrons. The normalized spacial score (nSPS) is 16.9. The van der Waals surface area contributed by atoms with Crippen LogP contribution in [-0.2, 0) is 6.54 Å². The lowest BCUT2D eigenvalue weighted by Crippen LogP contribution is -2.34. The summed E-state index contributed by atoms with van der Waals surface area (Å²) >= 11 is 12.6. The molecule has 1 fully saturated rings. The molecule has 1 aliphatic heterocycles. The molecule has 1 aliphatic carbocycles. The molecule has 7 nitrogen and oxygen atoms in total. The molecule has 0 bridgehead atoms. The quantitative estimate of drug-likeness (QED) is 0.583. The van der Waals surface area contributed by atoms with Crippen molar-refractivity contribution in [1.29, 1.82) is 0 Å². The lowest BCUT2D eigenvalue weighted by atomic mass is 9.89. The zero-order valence-corrected chi connectivity index (χ0v) is 18.0. The second-order valence-electron chi connectivity index (χ2n) is 7.83. The van der Waals surface area contributed by atoms with E-state index in [0.717, 1.165) is 43.0 Å². The number of rotatable bonds is 4. The van der Waals surface area contributed by atoms with Gasteiger partial charge in [0.2, 0.25) is 5.89 Å². The van der Waals surface area contributed by atoms with Gasteiger partial charge >= 0.3 is 0 Å². The van der Waals surface area contributed by atoms with Crippen LogP contribution in [0.4, 0.5) is 11.5 Å². The lowest BCUT2D eigenvalue weighted by molar-refractivity contribution is 0.367. The van der Waals surface area contributed by atoms with E-state index >= 15 is 0 Å². The fraction of sp³-hybridized carbons (Fsp3) is 0.429. The van der Waals surface area contributed by atoms with Gasteiger partial charge < -0.3 is 14.6 Å². The van der Waals surface area contributed by atoms with Crippen molar-refractivity contribution in [1.82, 2.24) is 20.4 Å². The van der Waals surface area contributed by atoms with Gasteiger partial charge in [0, 0.05) is 35.6 Å². The van der Waals surface area contributed by atoms with Gasteiger partial charge in [-0.2, -0.15) is 0 Å². The summed E-state index contributed by atoms with van der Waals surface area (Å²) in [5, 5.41) is 21.9. The van der Waals surface area contributed by atoms with Gasteiger partial charge in [0.15, 0.2) is 11.5 Å². The van der Waals surface area contributed by atoms with E-state index in [4.69, 9.17) is 27.6 Å². The highest BCUT2D eigenvalue weighted by molar-refractivity contribution is 6.33. The van der Waals surface area contributed by atoms with Crippen LogP contribution in [0.1, 0.15) is 49.5 Å². The number of halogens is 2. The molecule has 3 heterocycles. The monoisotopic (exact) mass is 444 g/mol. The van der Waals surface area contributed by atoms with Crippen LogP contribution in [0.5, 0.6) is 0 Å². The molecule has 3 aromatic rings. The molecule has 2 aliphatic rings. The summed E-state index contributed by atoms with van der Waals surface area (Å²) in [5.74, 6) is 2.21. The molecular formula is C21H22Cl2N6O. The predicted molar refractivity (Wildman–Crippen MR) is 117 cm³/mol. The first-order chi connectivity index (χ1) is 14.7. The summed E-state index contributed by atoms with van der Waals surface area (Å²) in [7, 11) is 0. The fourth-order valence-corrected chi connectivity index (χ4v) is 4.54. The zero-order chi connectivity index (χ0) is 20.5. The van der Waals surface area contributed by atoms with Gasteiger partial charge in [0.25, 0.3) is 5.89 Å². The van der Waals surface area contributed by atoms with E-state index in [1.165, 1.54) is 19.3 Å². The first-order valence-corrected chi connectivity index (χ1v) is 11.1. The number of hydrogen-bond acceptors (Lipinski definition) is 7. The largest absolute Gasteiger partial charge is 0.419 e. The topological polar surface area (TPSA) is 80.0 Å². The predicted octanol–water partition coefficient (Wildman–Crippen LogP) is 5.31. The van der Waals surface area contributed by atoms with Crippen LogP contribution < -0.4 is 10.2 Å². The van der Waals surface area contributed by atoms with Crippen LogP contribution in [0.25, 0.3) is 11.6 Å². The second-order valence-corrected chi connectivity index (χ2v) is 8.67. The fourth-order valence-electron chi connectivity index (χ4n) is 4.17. The Morgan fingerprint density at radius 1 is 1.03 bits per heavy atom. The summed E-state index contributed by atoms with van der Waals surface area (Å²) < 4.78 is 5.99. The molecular weight excluding hydrogens is 423 g/mol. The van der Waals surface area contributed by atoms with E-state index in [1.54, 1.807) is 6.07 Å². The van der Waals surface area contributed by atoms with Crippen LogP contribution in [0, 0.1) is 0 Å². The number of anilines is 2. The first kappa shape index (κ1) is 19.6. The van der Waals surface area contributed by atoms with Crippen LogP contribution in [0.3, 0.4) is 0 Å². The van der Waals surface area contributed by atoms with E-state index in [-0.39, 0.29) is 0 Å². The van der Waals surface area contributed by atoms with Gasteiger partial charge in [-0.25, -0.2) is 0 Å². The molecule has 2 aromatic heterocycles. The Labute approximate surface area is 184 Å². The van der Waals surface area contributed by atoms with E-state index in [1.807, 2.05) is 18.2 Å². The van der Waals surface area contributed by atoms with Gasteiger partial charge in [0.05, 0.1) is 5.69 Å². The van der Waals surface area contributed by atoms with Crippen molar-refractivity contribution in [2.75, 3.05) is 23.3 Å². The third-order valence-electron chi connectivity index (χ3n) is 5.77. The van der Waals surface area contributed by atoms with Crippen LogP contribution in [0.2, 0.25) is 10.0 Å². The highest BCUT2D eigenvalue weighted by Gasteiger charge is 2.25. The lowest BCUT2D eigenvalue weighted by Gasteiger charge is -2.31. The van der Waals surface area contributed by atoms with Crippen molar-refractivity contribution in [3.63, 3.8) is 0 Å². The summed E-state index contributed by atoms with van der Waals surface area (Å²) in [6, 6.07) is 7.46.